The van der Waals surface area contributed by atoms with Crippen LogP contribution in [0, 0.1) is 6.92 Å². The molecule has 3 heterocycles. The number of nitrogens with one attached hydrogen (secondary N) is 1. The number of hydrogen-bond acceptors (Lipinski definition) is 6. The van der Waals surface area contributed by atoms with Gasteiger partial charge in [-0.05, 0) is 13.3 Å². The lowest BCUT2D eigenvalue weighted by Gasteiger charge is -2.22. The van der Waals surface area contributed by atoms with Gasteiger partial charge in [0.15, 0.2) is 0 Å². The summed E-state index contributed by atoms with van der Waals surface area (Å²) in [6.07, 6.45) is 3.05. The lowest BCUT2D eigenvalue weighted by atomic mass is 10.2. The number of imidazole rings is 1. The van der Waals surface area contributed by atoms with Crippen molar-refractivity contribution in [1.29, 1.82) is 0 Å². The van der Waals surface area contributed by atoms with E-state index in [9.17, 15) is 0 Å². The van der Waals surface area contributed by atoms with Gasteiger partial charge in [0.1, 0.15) is 6.79 Å². The predicted molar refractivity (Wildman–Crippen MR) is 64.4 cm³/mol. The molecular formula is C10H14N4O2S. The molecule has 0 aromatic carbocycles. The molecule has 17 heavy (non-hydrogen) atoms. The van der Waals surface area contributed by atoms with Crippen molar-refractivity contribution in [1.82, 2.24) is 14.6 Å². The van der Waals surface area contributed by atoms with E-state index in [4.69, 9.17) is 9.47 Å². The van der Waals surface area contributed by atoms with Crippen LogP contribution in [0.2, 0.25) is 0 Å². The first-order chi connectivity index (χ1) is 8.31. The van der Waals surface area contributed by atoms with Gasteiger partial charge in [-0.15, -0.1) is 5.10 Å². The molecule has 1 fully saturated rings. The van der Waals surface area contributed by atoms with Crippen molar-refractivity contribution in [3.63, 3.8) is 0 Å². The van der Waals surface area contributed by atoms with Crippen LogP contribution in [-0.4, -0.2) is 40.6 Å². The van der Waals surface area contributed by atoms with Crippen LogP contribution >= 0.6 is 11.3 Å². The van der Waals surface area contributed by atoms with E-state index in [1.54, 1.807) is 15.9 Å². The zero-order chi connectivity index (χ0) is 11.7. The van der Waals surface area contributed by atoms with E-state index < -0.39 is 0 Å². The fraction of sp³-hybridized carbons (Fsp3) is 0.600. The third kappa shape index (κ3) is 2.41. The van der Waals surface area contributed by atoms with Crippen molar-refractivity contribution in [3.05, 3.63) is 11.9 Å². The molecule has 0 saturated carbocycles. The Morgan fingerprint density at radius 3 is 3.35 bits per heavy atom. The molecule has 7 heteroatoms. The maximum atomic E-state index is 5.44. The van der Waals surface area contributed by atoms with Crippen molar-refractivity contribution in [2.45, 2.75) is 19.4 Å². The van der Waals surface area contributed by atoms with Crippen LogP contribution in [0.15, 0.2) is 6.20 Å². The van der Waals surface area contributed by atoms with Gasteiger partial charge in [-0.3, -0.25) is 0 Å². The summed E-state index contributed by atoms with van der Waals surface area (Å²) < 4.78 is 12.4. The van der Waals surface area contributed by atoms with Gasteiger partial charge in [0.05, 0.1) is 24.6 Å². The van der Waals surface area contributed by atoms with Gasteiger partial charge in [-0.1, -0.05) is 11.3 Å². The fourth-order valence-corrected chi connectivity index (χ4v) is 2.58. The normalized spacial score (nSPS) is 20.9. The summed E-state index contributed by atoms with van der Waals surface area (Å²) in [5, 5.41) is 8.55. The molecule has 1 aliphatic rings. The molecule has 2 aromatic heterocycles. The van der Waals surface area contributed by atoms with E-state index in [0.29, 0.717) is 6.79 Å². The minimum atomic E-state index is 0.210. The van der Waals surface area contributed by atoms with E-state index in [-0.39, 0.29) is 6.10 Å². The summed E-state index contributed by atoms with van der Waals surface area (Å²) in [7, 11) is 0. The Bertz CT molecular complexity index is 472. The number of rotatable bonds is 3. The number of aromatic nitrogens is 3. The number of fused-ring (bicyclic) bond motifs is 1. The minimum Gasteiger partial charge on any atom is -0.357 e. The summed E-state index contributed by atoms with van der Waals surface area (Å²) in [5.74, 6) is 0. The smallest absolute Gasteiger partial charge is 0.214 e. The van der Waals surface area contributed by atoms with E-state index in [2.05, 4.69) is 15.4 Å². The molecule has 6 nitrogen and oxygen atoms in total. The molecular weight excluding hydrogens is 240 g/mol. The van der Waals surface area contributed by atoms with Gasteiger partial charge >= 0.3 is 0 Å². The third-order valence-corrected chi connectivity index (χ3v) is 3.50. The Labute approximate surface area is 103 Å². The zero-order valence-corrected chi connectivity index (χ0v) is 10.4. The van der Waals surface area contributed by atoms with Crippen LogP contribution in [-0.2, 0) is 9.47 Å². The molecule has 0 unspecified atom stereocenters. The first-order valence-corrected chi connectivity index (χ1v) is 6.39. The van der Waals surface area contributed by atoms with Crippen molar-refractivity contribution in [3.8, 4) is 0 Å². The van der Waals surface area contributed by atoms with E-state index in [1.165, 1.54) is 0 Å². The number of nitrogens with zero attached hydrogens (tertiary/aromatic N) is 3. The molecule has 0 radical (unpaired) electrons. The fourth-order valence-electron chi connectivity index (χ4n) is 1.74. The molecule has 1 saturated heterocycles. The second-order valence-electron chi connectivity index (χ2n) is 4.00. The summed E-state index contributed by atoms with van der Waals surface area (Å²) in [6, 6.07) is 0. The summed E-state index contributed by atoms with van der Waals surface area (Å²) in [5.41, 5.74) is 0.989. The average molecular weight is 254 g/mol. The van der Waals surface area contributed by atoms with Gasteiger partial charge in [0.2, 0.25) is 10.1 Å². The largest absolute Gasteiger partial charge is 0.357 e. The summed E-state index contributed by atoms with van der Waals surface area (Å²) in [4.78, 5) is 5.27. The van der Waals surface area contributed by atoms with Gasteiger partial charge in [0, 0.05) is 6.54 Å². The maximum Gasteiger partial charge on any atom is 0.214 e. The van der Waals surface area contributed by atoms with Crippen LogP contribution in [0.1, 0.15) is 12.1 Å². The number of ether oxygens (including phenoxy) is 2. The molecule has 0 amide bonds. The van der Waals surface area contributed by atoms with Crippen LogP contribution in [0.5, 0.6) is 0 Å². The van der Waals surface area contributed by atoms with E-state index in [0.717, 1.165) is 35.4 Å². The Kier molecular flexibility index (Phi) is 2.96. The van der Waals surface area contributed by atoms with Crippen LogP contribution in [0.3, 0.4) is 0 Å². The quantitative estimate of drug-likeness (QED) is 0.894. The Hall–Kier alpha value is -1.18. The Balaban J connectivity index is 1.62. The number of anilines is 1. The monoisotopic (exact) mass is 254 g/mol. The molecule has 1 atom stereocenters. The molecule has 0 bridgehead atoms. The average Bonchev–Trinajstić information content (AvgIpc) is 2.84. The van der Waals surface area contributed by atoms with Gasteiger partial charge in [0.25, 0.3) is 0 Å². The summed E-state index contributed by atoms with van der Waals surface area (Å²) in [6.45, 7) is 3.89. The van der Waals surface area contributed by atoms with Gasteiger partial charge in [-0.2, -0.15) is 0 Å². The van der Waals surface area contributed by atoms with Crippen LogP contribution in [0.25, 0.3) is 4.96 Å². The van der Waals surface area contributed by atoms with E-state index in [1.807, 2.05) is 13.1 Å². The van der Waals surface area contributed by atoms with Gasteiger partial charge in [-0.25, -0.2) is 9.50 Å². The molecule has 0 aliphatic carbocycles. The highest BCUT2D eigenvalue weighted by molar-refractivity contribution is 7.20. The summed E-state index contributed by atoms with van der Waals surface area (Å²) >= 11 is 1.55. The second-order valence-corrected chi connectivity index (χ2v) is 4.96. The van der Waals surface area contributed by atoms with Gasteiger partial charge < -0.3 is 14.8 Å². The first-order valence-electron chi connectivity index (χ1n) is 5.57. The highest BCUT2D eigenvalue weighted by Gasteiger charge is 2.14. The predicted octanol–water partition coefficient (Wildman–Crippen LogP) is 1.27. The Morgan fingerprint density at radius 2 is 2.59 bits per heavy atom. The topological polar surface area (TPSA) is 60.7 Å². The molecule has 1 aliphatic heterocycles. The van der Waals surface area contributed by atoms with Crippen molar-refractivity contribution in [2.75, 3.05) is 25.3 Å². The zero-order valence-electron chi connectivity index (χ0n) is 9.55. The van der Waals surface area contributed by atoms with Crippen LogP contribution in [0.4, 0.5) is 5.13 Å². The highest BCUT2D eigenvalue weighted by atomic mass is 32.1. The molecule has 1 N–H and O–H groups in total. The molecule has 3 rings (SSSR count). The van der Waals surface area contributed by atoms with Crippen LogP contribution < -0.4 is 5.32 Å². The lowest BCUT2D eigenvalue weighted by molar-refractivity contribution is -0.133. The highest BCUT2D eigenvalue weighted by Crippen LogP contribution is 2.19. The maximum absolute atomic E-state index is 5.44. The van der Waals surface area contributed by atoms with Crippen molar-refractivity contribution >= 4 is 21.4 Å². The lowest BCUT2D eigenvalue weighted by Crippen LogP contribution is -2.30. The number of aryl methyl sites for hydroxylation is 1. The molecule has 92 valence electrons. The van der Waals surface area contributed by atoms with E-state index >= 15 is 0 Å². The Morgan fingerprint density at radius 1 is 1.65 bits per heavy atom. The minimum absolute atomic E-state index is 0.210. The van der Waals surface area contributed by atoms with Crippen molar-refractivity contribution in [2.24, 2.45) is 0 Å². The molecule has 2 aromatic rings. The van der Waals surface area contributed by atoms with Crippen molar-refractivity contribution < 1.29 is 9.47 Å². The first kappa shape index (κ1) is 10.9. The standard InChI is InChI=1S/C10H14N4O2S/c1-7-5-14-10(12-7)17-9(13-14)11-4-8-2-3-15-6-16-8/h5,8H,2-4,6H2,1H3,(H,11,13)/t8-/m0/s1. The second kappa shape index (κ2) is 4.59. The third-order valence-electron chi connectivity index (χ3n) is 2.62. The SMILES string of the molecule is Cc1cn2nc(NC[C@@H]3CCOCO3)sc2n1. The number of hydrogen-bond donors (Lipinski definition) is 1. The molecule has 0 spiro atoms.